The first kappa shape index (κ1) is 29.8. The number of nitrogens with two attached hydrogens (primary N) is 1. The van der Waals surface area contributed by atoms with Crippen LogP contribution in [0.5, 0.6) is 0 Å². The van der Waals surface area contributed by atoms with Gasteiger partial charge in [-0.1, -0.05) is 19.0 Å². The molecule has 0 amide bonds. The number of ketones is 1. The molecule has 0 aromatic heterocycles. The van der Waals surface area contributed by atoms with Gasteiger partial charge in [-0.05, 0) is 80.0 Å². The number of carbonyl (C=O) groups excluding carboxylic acids is 2. The summed E-state index contributed by atoms with van der Waals surface area (Å²) in [5, 5.41) is 20.0. The predicted molar refractivity (Wildman–Crippen MR) is 139 cm³/mol. The van der Waals surface area contributed by atoms with Crippen LogP contribution in [-0.4, -0.2) is 59.4 Å². The predicted octanol–water partition coefficient (Wildman–Crippen LogP) is 3.43. The molecular formula is C28H42N2O8. The summed E-state index contributed by atoms with van der Waals surface area (Å²) in [5.74, 6) is 0.204. The van der Waals surface area contributed by atoms with Crippen molar-refractivity contribution in [3.8, 4) is 0 Å². The molecule has 212 valence electrons. The maximum absolute atomic E-state index is 12.7. The Balaban J connectivity index is 0.000000436. The first-order valence-corrected chi connectivity index (χ1v) is 13.6. The molecule has 4 rings (SSSR count). The van der Waals surface area contributed by atoms with E-state index >= 15 is 0 Å². The maximum atomic E-state index is 12.7. The molecule has 0 saturated heterocycles. The van der Waals surface area contributed by atoms with E-state index in [1.54, 1.807) is 0 Å². The van der Waals surface area contributed by atoms with E-state index in [9.17, 15) is 19.2 Å². The summed E-state index contributed by atoms with van der Waals surface area (Å²) in [6, 6.07) is 0. The Morgan fingerprint density at radius 2 is 1.74 bits per heavy atom. The average Bonchev–Trinajstić information content (AvgIpc) is 3.16. The molecule has 0 aliphatic heterocycles. The minimum atomic E-state index is -1.26. The van der Waals surface area contributed by atoms with E-state index in [1.807, 2.05) is 0 Å². The number of hydrogen-bond acceptors (Lipinski definition) is 8. The molecule has 0 aromatic carbocycles. The molecule has 4 fully saturated rings. The van der Waals surface area contributed by atoms with Crippen molar-refractivity contribution < 1.29 is 39.0 Å². The summed E-state index contributed by atoms with van der Waals surface area (Å²) >= 11 is 0. The Morgan fingerprint density at radius 1 is 1.05 bits per heavy atom. The number of ether oxygens (including phenoxy) is 1. The van der Waals surface area contributed by atoms with E-state index in [1.165, 1.54) is 6.92 Å². The minimum Gasteiger partial charge on any atom is -0.478 e. The van der Waals surface area contributed by atoms with Crippen LogP contribution >= 0.6 is 0 Å². The third kappa shape index (κ3) is 6.45. The van der Waals surface area contributed by atoms with Crippen molar-refractivity contribution in [2.24, 2.45) is 51.3 Å². The second-order valence-corrected chi connectivity index (χ2v) is 11.7. The van der Waals surface area contributed by atoms with Crippen molar-refractivity contribution in [1.82, 2.24) is 0 Å². The van der Waals surface area contributed by atoms with Gasteiger partial charge in [0.2, 0.25) is 0 Å². The number of carbonyl (C=O) groups is 4. The number of esters is 1. The van der Waals surface area contributed by atoms with Gasteiger partial charge in [-0.3, -0.25) is 9.59 Å². The fraction of sp³-hybridized carbons (Fsp3) is 0.750. The van der Waals surface area contributed by atoms with Gasteiger partial charge in [-0.2, -0.15) is 0 Å². The smallest absolute Gasteiger partial charge is 0.328 e. The summed E-state index contributed by atoms with van der Waals surface area (Å²) < 4.78 is 5.55. The van der Waals surface area contributed by atoms with Gasteiger partial charge in [-0.15, -0.1) is 0 Å². The van der Waals surface area contributed by atoms with Gasteiger partial charge in [0.05, 0.1) is 12.3 Å². The monoisotopic (exact) mass is 534 g/mol. The topological polar surface area (TPSA) is 166 Å². The van der Waals surface area contributed by atoms with Crippen LogP contribution in [0.25, 0.3) is 0 Å². The van der Waals surface area contributed by atoms with E-state index < -0.39 is 11.9 Å². The number of hydrogen-bond donors (Lipinski definition) is 3. The molecule has 0 radical (unpaired) electrons. The lowest BCUT2D eigenvalue weighted by atomic mass is 9.43. The number of carboxylic acid groups (broad SMARTS) is 2. The van der Waals surface area contributed by atoms with Crippen molar-refractivity contribution in [3.63, 3.8) is 0 Å². The van der Waals surface area contributed by atoms with Gasteiger partial charge < -0.3 is 25.5 Å². The van der Waals surface area contributed by atoms with Crippen LogP contribution < -0.4 is 5.73 Å². The molecule has 4 aliphatic carbocycles. The Kier molecular flexibility index (Phi) is 9.73. The fourth-order valence-electron chi connectivity index (χ4n) is 7.90. The Labute approximate surface area is 224 Å². The largest absolute Gasteiger partial charge is 0.478 e. The first-order valence-electron chi connectivity index (χ1n) is 13.6. The third-order valence-electron chi connectivity index (χ3n) is 9.66. The molecule has 0 spiro atoms. The molecule has 0 aromatic rings. The number of rotatable bonds is 7. The zero-order valence-electron chi connectivity index (χ0n) is 22.7. The van der Waals surface area contributed by atoms with E-state index in [4.69, 9.17) is 25.5 Å². The second-order valence-electron chi connectivity index (χ2n) is 11.7. The van der Waals surface area contributed by atoms with Gasteiger partial charge >= 0.3 is 17.9 Å². The Bertz CT molecular complexity index is 962. The average molecular weight is 535 g/mol. The lowest BCUT2D eigenvalue weighted by Gasteiger charge is -2.61. The van der Waals surface area contributed by atoms with Crippen LogP contribution in [0.1, 0.15) is 72.1 Å². The Hall–Kier alpha value is -2.75. The molecular weight excluding hydrogens is 492 g/mol. The molecule has 0 bridgehead atoms. The number of carboxylic acids is 2. The molecule has 7 atom stereocenters. The highest BCUT2D eigenvalue weighted by Gasteiger charge is 2.62. The lowest BCUT2D eigenvalue weighted by molar-refractivity contribution is -0.156. The quantitative estimate of drug-likeness (QED) is 0.192. The van der Waals surface area contributed by atoms with Crippen molar-refractivity contribution >= 4 is 29.4 Å². The molecule has 10 heteroatoms. The van der Waals surface area contributed by atoms with Gasteiger partial charge in [0.1, 0.15) is 12.4 Å². The van der Waals surface area contributed by atoms with Crippen LogP contribution in [0.3, 0.4) is 0 Å². The zero-order valence-corrected chi connectivity index (χ0v) is 22.7. The maximum Gasteiger partial charge on any atom is 0.328 e. The van der Waals surface area contributed by atoms with Gasteiger partial charge in [-0.25, -0.2) is 9.59 Å². The summed E-state index contributed by atoms with van der Waals surface area (Å²) in [4.78, 5) is 48.8. The number of fused-ring (bicyclic) bond motifs is 5. The van der Waals surface area contributed by atoms with Crippen molar-refractivity contribution in [2.75, 3.05) is 19.8 Å². The van der Waals surface area contributed by atoms with Crippen LogP contribution in [0, 0.1) is 40.4 Å². The Morgan fingerprint density at radius 3 is 2.34 bits per heavy atom. The molecule has 38 heavy (non-hydrogen) atoms. The van der Waals surface area contributed by atoms with Gasteiger partial charge in [0.15, 0.2) is 0 Å². The van der Waals surface area contributed by atoms with Crippen LogP contribution in [0.4, 0.5) is 0 Å². The zero-order chi connectivity index (χ0) is 28.1. The highest BCUT2D eigenvalue weighted by atomic mass is 16.6. The number of aliphatic carboxylic acids is 2. The van der Waals surface area contributed by atoms with E-state index in [0.717, 1.165) is 57.1 Å². The summed E-state index contributed by atoms with van der Waals surface area (Å²) in [6.45, 7) is 7.57. The van der Waals surface area contributed by atoms with E-state index in [0.29, 0.717) is 67.3 Å². The number of Topliss-reactive ketones (excluding diaryl/α,β-unsaturated/α-hetero) is 1. The summed E-state index contributed by atoms with van der Waals surface area (Å²) in [5.41, 5.74) is 6.72. The van der Waals surface area contributed by atoms with Crippen LogP contribution in [-0.2, 0) is 28.8 Å². The standard InChI is InChI=1S/C24H38N2O4.C4H4O4/c1-15(27)29-14-16-12-18-19-4-5-22(28)24(19,3)9-7-20(18)23(2)8-6-17(13-21(16)23)26-30-11-10-25;5-3(6)1-2-4(7)8/h16,18-21H,4-14,25H2,1-3H3;1-2H,(H,5,6)(H,7,8)/b;2-1+/t16-,18+,19+,20+,21?,23-,24+;/m1./s1. The molecule has 0 heterocycles. The number of nitrogens with zero attached hydrogens (tertiary/aromatic N) is 1. The van der Waals surface area contributed by atoms with E-state index in [2.05, 4.69) is 19.0 Å². The molecule has 4 aliphatic rings. The molecule has 4 saturated carbocycles. The minimum absolute atomic E-state index is 0.131. The lowest BCUT2D eigenvalue weighted by Crippen LogP contribution is -2.57. The summed E-state index contributed by atoms with van der Waals surface area (Å²) in [7, 11) is 0. The first-order chi connectivity index (χ1) is 17.9. The number of oxime groups is 1. The van der Waals surface area contributed by atoms with Gasteiger partial charge in [0, 0.05) is 37.5 Å². The second kappa shape index (κ2) is 12.4. The van der Waals surface area contributed by atoms with E-state index in [-0.39, 0.29) is 16.8 Å². The SMILES string of the molecule is CC(=O)OC[C@H]1C[C@@H]2[C@H](CC[C@]3(C)C(=O)CC[C@@H]23)[C@@]2(C)CCC(=NOCCN)CC12.O=C(O)/C=C/C(=O)O. The molecule has 10 nitrogen and oxygen atoms in total. The van der Waals surface area contributed by atoms with Crippen molar-refractivity contribution in [1.29, 1.82) is 0 Å². The van der Waals surface area contributed by atoms with Crippen molar-refractivity contribution in [3.05, 3.63) is 12.2 Å². The van der Waals surface area contributed by atoms with Crippen LogP contribution in [0.2, 0.25) is 0 Å². The summed E-state index contributed by atoms with van der Waals surface area (Å²) in [6.07, 6.45) is 9.11. The fourth-order valence-corrected chi connectivity index (χ4v) is 7.90. The van der Waals surface area contributed by atoms with Gasteiger partial charge in [0.25, 0.3) is 0 Å². The van der Waals surface area contributed by atoms with Crippen LogP contribution in [0.15, 0.2) is 17.3 Å². The van der Waals surface area contributed by atoms with Crippen molar-refractivity contribution in [2.45, 2.75) is 72.1 Å². The molecule has 4 N–H and O–H groups in total. The third-order valence-corrected chi connectivity index (χ3v) is 9.66. The molecule has 1 unspecified atom stereocenters. The normalized spacial score (nSPS) is 36.9. The highest BCUT2D eigenvalue weighted by Crippen LogP contribution is 2.66. The highest BCUT2D eigenvalue weighted by molar-refractivity contribution is 5.89.